The molecule has 0 heterocycles. The summed E-state index contributed by atoms with van der Waals surface area (Å²) in [5.74, 6) is 0.708. The Hall–Kier alpha value is -1.62. The second-order valence-electron chi connectivity index (χ2n) is 28.3. The Morgan fingerprint density at radius 1 is 0.392 bits per heavy atom. The van der Waals surface area contributed by atoms with E-state index in [4.69, 9.17) is 13.6 Å². The van der Waals surface area contributed by atoms with Crippen LogP contribution in [0.3, 0.4) is 0 Å². The third-order valence-electron chi connectivity index (χ3n) is 16.7. The summed E-state index contributed by atoms with van der Waals surface area (Å²) in [6.07, 6.45) is 41.4. The number of phenols is 1. The number of benzene rings is 2. The van der Waals surface area contributed by atoms with Crippen LogP contribution in [-0.2, 0) is 51.2 Å². The SMILES string of the molecule is CCCCCCCCCCCCCCCCCCC(CCCCCCCCCCCCCCCCCC)(c1cc(C(C)(C)C)c(O)c(C(C)(C)C)c1)P(=O)(O)Oc1c(C(C)(C)C)cc(CP(=O)(OCC)OCC)cc1C(C)(C)C. The largest absolute Gasteiger partial charge is 0.507 e. The van der Waals surface area contributed by atoms with E-state index in [0.29, 0.717) is 18.6 Å². The van der Waals surface area contributed by atoms with Crippen molar-refractivity contribution in [3.05, 3.63) is 57.6 Å². The number of phenolic OH excluding ortho intramolecular Hbond substituents is 1. The van der Waals surface area contributed by atoms with E-state index in [1.54, 1.807) is 0 Å². The Labute approximate surface area is 490 Å². The Kier molecular flexibility index (Phi) is 34.4. The maximum atomic E-state index is 16.6. The summed E-state index contributed by atoms with van der Waals surface area (Å²) in [4.78, 5) is 13.6. The number of unbranched alkanes of at least 4 members (excludes halogenated alkanes) is 30. The summed E-state index contributed by atoms with van der Waals surface area (Å²) in [5, 5.41) is 10.9. The van der Waals surface area contributed by atoms with Crippen molar-refractivity contribution in [2.75, 3.05) is 13.2 Å². The third-order valence-corrected chi connectivity index (χ3v) is 21.0. The molecule has 1 atom stereocenters. The Balaban J connectivity index is 2.66. The molecule has 0 bridgehead atoms. The fourth-order valence-electron chi connectivity index (χ4n) is 11.8. The number of hydrogen-bond acceptors (Lipinski definition) is 6. The molecule has 79 heavy (non-hydrogen) atoms. The predicted octanol–water partition coefficient (Wildman–Crippen LogP) is 24.1. The Bertz CT molecular complexity index is 1930. The molecule has 2 aromatic rings. The lowest BCUT2D eigenvalue weighted by Crippen LogP contribution is -2.31. The van der Waals surface area contributed by atoms with Gasteiger partial charge in [-0.25, -0.2) is 4.57 Å². The zero-order chi connectivity index (χ0) is 59.2. The lowest BCUT2D eigenvalue weighted by atomic mass is 9.75. The van der Waals surface area contributed by atoms with Crippen molar-refractivity contribution in [2.24, 2.45) is 0 Å². The van der Waals surface area contributed by atoms with Crippen LogP contribution in [0.5, 0.6) is 11.5 Å². The summed E-state index contributed by atoms with van der Waals surface area (Å²) < 4.78 is 49.6. The summed E-state index contributed by atoms with van der Waals surface area (Å²) in [7, 11) is -8.16. The fourth-order valence-corrected chi connectivity index (χ4v) is 15.4. The fraction of sp³-hybridized carbons (Fsp3) is 0.829. The minimum absolute atomic E-state index is 0.0824. The summed E-state index contributed by atoms with van der Waals surface area (Å²) in [6, 6.07) is 8.18. The quantitative estimate of drug-likeness (QED) is 0.0503. The van der Waals surface area contributed by atoms with Crippen molar-refractivity contribution in [3.63, 3.8) is 0 Å². The van der Waals surface area contributed by atoms with Gasteiger partial charge in [0, 0.05) is 11.1 Å². The van der Waals surface area contributed by atoms with E-state index in [-0.39, 0.29) is 25.1 Å². The first-order valence-corrected chi connectivity index (χ1v) is 36.4. The molecule has 0 aliphatic carbocycles. The van der Waals surface area contributed by atoms with E-state index >= 15 is 4.57 Å². The molecule has 0 spiro atoms. The highest BCUT2D eigenvalue weighted by molar-refractivity contribution is 7.54. The molecule has 1 unspecified atom stereocenters. The summed E-state index contributed by atoms with van der Waals surface area (Å²) in [5.41, 5.74) is 2.84. The first kappa shape index (κ1) is 73.5. The molecule has 2 rings (SSSR count). The number of rotatable bonds is 44. The van der Waals surface area contributed by atoms with Crippen LogP contribution >= 0.6 is 15.2 Å². The highest BCUT2D eigenvalue weighted by Crippen LogP contribution is 2.67. The molecule has 0 aromatic heterocycles. The second-order valence-corrected chi connectivity index (χ2v) is 32.4. The minimum atomic E-state index is -4.67. The molecule has 7 nitrogen and oxygen atoms in total. The lowest BCUT2D eigenvalue weighted by molar-refractivity contribution is 0.219. The smallest absolute Gasteiger partial charge is 0.387 e. The van der Waals surface area contributed by atoms with Crippen LogP contribution in [0.15, 0.2) is 24.3 Å². The van der Waals surface area contributed by atoms with E-state index in [2.05, 4.69) is 109 Å². The van der Waals surface area contributed by atoms with Gasteiger partial charge in [-0.3, -0.25) is 4.57 Å². The monoisotopic (exact) mass is 1140 g/mol. The second kappa shape index (κ2) is 36.9. The lowest BCUT2D eigenvalue weighted by Gasteiger charge is -2.41. The molecular formula is C70H128O7P2. The van der Waals surface area contributed by atoms with Gasteiger partial charge in [0.25, 0.3) is 0 Å². The highest BCUT2D eigenvalue weighted by atomic mass is 31.2. The van der Waals surface area contributed by atoms with Gasteiger partial charge in [-0.05, 0) is 70.6 Å². The van der Waals surface area contributed by atoms with Gasteiger partial charge >= 0.3 is 15.2 Å². The van der Waals surface area contributed by atoms with Crippen molar-refractivity contribution >= 4 is 15.2 Å². The Morgan fingerprint density at radius 2 is 0.658 bits per heavy atom. The van der Waals surface area contributed by atoms with E-state index in [0.717, 1.165) is 71.9 Å². The highest BCUT2D eigenvalue weighted by Gasteiger charge is 2.52. The van der Waals surface area contributed by atoms with Crippen LogP contribution in [-0.4, -0.2) is 23.2 Å². The van der Waals surface area contributed by atoms with E-state index in [9.17, 15) is 14.6 Å². The topological polar surface area (TPSA) is 102 Å². The number of aromatic hydroxyl groups is 1. The van der Waals surface area contributed by atoms with Crippen molar-refractivity contribution in [2.45, 2.75) is 362 Å². The first-order valence-electron chi connectivity index (χ1n) is 33.1. The maximum Gasteiger partial charge on any atom is 0.387 e. The van der Waals surface area contributed by atoms with E-state index in [1.165, 1.54) is 167 Å². The van der Waals surface area contributed by atoms with Gasteiger partial charge in [-0.15, -0.1) is 0 Å². The minimum Gasteiger partial charge on any atom is -0.507 e. The molecule has 0 aliphatic rings. The average molecular weight is 1140 g/mol. The van der Waals surface area contributed by atoms with Crippen molar-refractivity contribution in [1.82, 2.24) is 0 Å². The predicted molar refractivity (Wildman–Crippen MR) is 344 cm³/mol. The number of hydrogen-bond donors (Lipinski definition) is 2. The van der Waals surface area contributed by atoms with Crippen LogP contribution in [0.2, 0.25) is 0 Å². The van der Waals surface area contributed by atoms with Crippen molar-refractivity contribution < 1.29 is 32.7 Å². The van der Waals surface area contributed by atoms with E-state index < -0.39 is 42.0 Å². The molecule has 2 N–H and O–H groups in total. The van der Waals surface area contributed by atoms with Gasteiger partial charge in [-0.1, -0.05) is 327 Å². The van der Waals surface area contributed by atoms with Crippen LogP contribution in [0.25, 0.3) is 0 Å². The Morgan fingerprint density at radius 3 is 0.911 bits per heavy atom. The van der Waals surface area contributed by atoms with Crippen LogP contribution in [0, 0.1) is 0 Å². The van der Waals surface area contributed by atoms with Gasteiger partial charge in [0.1, 0.15) is 16.7 Å². The van der Waals surface area contributed by atoms with Crippen molar-refractivity contribution in [3.8, 4) is 11.5 Å². The molecule has 9 heteroatoms. The third kappa shape index (κ3) is 26.9. The zero-order valence-corrected chi connectivity index (χ0v) is 56.6. The average Bonchev–Trinajstić information content (AvgIpc) is 3.42. The molecule has 0 aliphatic heterocycles. The van der Waals surface area contributed by atoms with Crippen LogP contribution in [0.4, 0.5) is 0 Å². The molecule has 0 amide bonds. The van der Waals surface area contributed by atoms with Gasteiger partial charge in [0.2, 0.25) is 0 Å². The molecule has 0 fully saturated rings. The molecule has 0 saturated heterocycles. The van der Waals surface area contributed by atoms with Gasteiger partial charge in [0.15, 0.2) is 0 Å². The van der Waals surface area contributed by atoms with Gasteiger partial charge < -0.3 is 23.6 Å². The van der Waals surface area contributed by atoms with Crippen LogP contribution in [0.1, 0.15) is 362 Å². The molecular weight excluding hydrogens is 1010 g/mol. The normalized spacial score (nSPS) is 13.8. The molecule has 0 radical (unpaired) electrons. The van der Waals surface area contributed by atoms with Gasteiger partial charge in [0.05, 0.1) is 19.4 Å². The van der Waals surface area contributed by atoms with Crippen molar-refractivity contribution in [1.29, 1.82) is 0 Å². The summed E-state index contributed by atoms with van der Waals surface area (Å²) in [6.45, 7) is 34.2. The van der Waals surface area contributed by atoms with E-state index in [1.807, 2.05) is 26.0 Å². The first-order chi connectivity index (χ1) is 37.1. The van der Waals surface area contributed by atoms with Crippen LogP contribution < -0.4 is 4.52 Å². The molecule has 0 saturated carbocycles. The molecule has 2 aromatic carbocycles. The standard InChI is InChI=1S/C70H128O7P2/c1-17-21-23-25-27-29-31-33-35-37-39-41-43-45-47-49-51-70(59-55-60(66(5,6)7)64(71)61(56-59)67(8,9)10,52-50-48-46-44-42-40-38-36-34-32-30-28-26-24-22-18-2)79(73,74)77-65-62(68(11,12)13)53-58(54-63(65)69(14,15)16)57-78(72,75-19-3)76-20-4/h53-56,71H,17-52,57H2,1-16H3,(H,73,74). The van der Waals surface area contributed by atoms with Gasteiger partial charge in [-0.2, -0.15) is 0 Å². The maximum absolute atomic E-state index is 16.6. The molecule has 460 valence electrons. The summed E-state index contributed by atoms with van der Waals surface area (Å²) >= 11 is 0. The zero-order valence-electron chi connectivity index (χ0n) is 54.8.